The number of aryl methyl sites for hydroxylation is 2. The zero-order chi connectivity index (χ0) is 20.2. The Kier molecular flexibility index (Phi) is 7.78. The van der Waals surface area contributed by atoms with Gasteiger partial charge in [0.2, 0.25) is 5.91 Å². The first kappa shape index (κ1) is 22.6. The molecule has 0 radical (unpaired) electrons. The second-order valence-corrected chi connectivity index (χ2v) is 8.47. The maximum Gasteiger partial charge on any atom is 0.227 e. The van der Waals surface area contributed by atoms with Crippen molar-refractivity contribution in [2.75, 3.05) is 33.3 Å². The Morgan fingerprint density at radius 1 is 1.20 bits per heavy atom. The van der Waals surface area contributed by atoms with Crippen LogP contribution < -0.4 is 10.1 Å². The molecular formula is C23H33ClN4O2. The fourth-order valence-corrected chi connectivity index (χ4v) is 4.76. The third-order valence-corrected chi connectivity index (χ3v) is 6.61. The lowest BCUT2D eigenvalue weighted by Gasteiger charge is -2.34. The first-order chi connectivity index (χ1) is 14.1. The smallest absolute Gasteiger partial charge is 0.227 e. The highest BCUT2D eigenvalue weighted by Gasteiger charge is 2.37. The molecule has 1 aromatic carbocycles. The van der Waals surface area contributed by atoms with Crippen LogP contribution in [-0.2, 0) is 18.3 Å². The number of nitrogens with one attached hydrogen (secondary N) is 1. The van der Waals surface area contributed by atoms with Crippen LogP contribution in [0.2, 0.25) is 0 Å². The van der Waals surface area contributed by atoms with Crippen molar-refractivity contribution >= 4 is 18.3 Å². The minimum absolute atomic E-state index is 0. The minimum Gasteiger partial charge on any atom is -0.497 e. The Labute approximate surface area is 185 Å². The molecule has 0 spiro atoms. The number of amides is 1. The van der Waals surface area contributed by atoms with Gasteiger partial charge in [-0.05, 0) is 54.9 Å². The largest absolute Gasteiger partial charge is 0.497 e. The monoisotopic (exact) mass is 432 g/mol. The van der Waals surface area contributed by atoms with Gasteiger partial charge in [0.1, 0.15) is 5.75 Å². The summed E-state index contributed by atoms with van der Waals surface area (Å²) >= 11 is 0. The highest BCUT2D eigenvalue weighted by atomic mass is 35.5. The Morgan fingerprint density at radius 2 is 1.93 bits per heavy atom. The van der Waals surface area contributed by atoms with Crippen molar-refractivity contribution in [1.29, 1.82) is 0 Å². The topological polar surface area (TPSA) is 59.4 Å². The van der Waals surface area contributed by atoms with Crippen LogP contribution in [-0.4, -0.2) is 53.9 Å². The number of piperidine rings is 1. The van der Waals surface area contributed by atoms with Gasteiger partial charge < -0.3 is 15.0 Å². The van der Waals surface area contributed by atoms with Gasteiger partial charge in [-0.25, -0.2) is 0 Å². The van der Waals surface area contributed by atoms with Crippen LogP contribution in [0.1, 0.15) is 36.3 Å². The molecule has 2 aromatic rings. The van der Waals surface area contributed by atoms with E-state index < -0.39 is 0 Å². The van der Waals surface area contributed by atoms with Gasteiger partial charge in [-0.1, -0.05) is 12.1 Å². The minimum atomic E-state index is 0. The summed E-state index contributed by atoms with van der Waals surface area (Å²) < 4.78 is 7.05. The maximum absolute atomic E-state index is 13.2. The predicted molar refractivity (Wildman–Crippen MR) is 120 cm³/mol. The van der Waals surface area contributed by atoms with E-state index in [-0.39, 0.29) is 24.2 Å². The predicted octanol–water partition coefficient (Wildman–Crippen LogP) is 3.02. The average Bonchev–Trinajstić information content (AvgIpc) is 3.41. The molecule has 0 aliphatic carbocycles. The van der Waals surface area contributed by atoms with Gasteiger partial charge in [-0.2, -0.15) is 5.10 Å². The van der Waals surface area contributed by atoms with E-state index in [1.807, 2.05) is 36.3 Å². The number of methoxy groups -OCH3 is 1. The summed E-state index contributed by atoms with van der Waals surface area (Å²) in [6.45, 7) is 3.42. The Hall–Kier alpha value is -2.05. The number of likely N-dealkylation sites (tertiary alicyclic amines) is 1. The fourth-order valence-electron chi connectivity index (χ4n) is 4.76. The molecule has 1 N–H and O–H groups in total. The zero-order valence-corrected chi connectivity index (χ0v) is 18.7. The molecule has 4 rings (SSSR count). The number of nitrogens with zero attached hydrogens (tertiary/aromatic N) is 3. The molecule has 30 heavy (non-hydrogen) atoms. The van der Waals surface area contributed by atoms with Gasteiger partial charge in [0.05, 0.1) is 19.2 Å². The average molecular weight is 433 g/mol. The van der Waals surface area contributed by atoms with E-state index in [9.17, 15) is 4.79 Å². The van der Waals surface area contributed by atoms with Crippen LogP contribution in [0.5, 0.6) is 5.75 Å². The second-order valence-electron chi connectivity index (χ2n) is 8.47. The first-order valence-electron chi connectivity index (χ1n) is 10.7. The lowest BCUT2D eigenvalue weighted by Crippen LogP contribution is -2.43. The number of aromatic nitrogens is 2. The summed E-state index contributed by atoms with van der Waals surface area (Å²) in [4.78, 5) is 15.3. The summed E-state index contributed by atoms with van der Waals surface area (Å²) in [5.41, 5.74) is 2.53. The van der Waals surface area contributed by atoms with E-state index in [0.29, 0.717) is 11.8 Å². The van der Waals surface area contributed by atoms with E-state index >= 15 is 0 Å². The van der Waals surface area contributed by atoms with E-state index in [1.54, 1.807) is 7.11 Å². The van der Waals surface area contributed by atoms with Crippen molar-refractivity contribution in [2.24, 2.45) is 18.9 Å². The van der Waals surface area contributed by atoms with Crippen LogP contribution in [0, 0.1) is 11.8 Å². The number of carbonyl (C=O) groups is 1. The molecule has 3 heterocycles. The van der Waals surface area contributed by atoms with Crippen molar-refractivity contribution in [2.45, 2.75) is 31.6 Å². The summed E-state index contributed by atoms with van der Waals surface area (Å²) in [6.07, 6.45) is 8.46. The third-order valence-electron chi connectivity index (χ3n) is 6.61. The van der Waals surface area contributed by atoms with Crippen molar-refractivity contribution in [3.63, 3.8) is 0 Å². The molecule has 2 aliphatic heterocycles. The number of ether oxygens (including phenoxy) is 1. The highest BCUT2D eigenvalue weighted by molar-refractivity contribution is 5.85. The van der Waals surface area contributed by atoms with Gasteiger partial charge in [0.25, 0.3) is 0 Å². The molecule has 0 bridgehead atoms. The fraction of sp³-hybridized carbons (Fsp3) is 0.565. The molecule has 7 heteroatoms. The molecule has 0 unspecified atom stereocenters. The lowest BCUT2D eigenvalue weighted by molar-refractivity contribution is -0.136. The van der Waals surface area contributed by atoms with Crippen molar-refractivity contribution < 1.29 is 9.53 Å². The summed E-state index contributed by atoms with van der Waals surface area (Å²) in [5.74, 6) is 2.21. The van der Waals surface area contributed by atoms with Gasteiger partial charge >= 0.3 is 0 Å². The van der Waals surface area contributed by atoms with Crippen molar-refractivity contribution in [1.82, 2.24) is 20.0 Å². The number of carbonyl (C=O) groups excluding carboxylic acids is 1. The van der Waals surface area contributed by atoms with E-state index in [4.69, 9.17) is 4.74 Å². The first-order valence-corrected chi connectivity index (χ1v) is 10.7. The van der Waals surface area contributed by atoms with Crippen molar-refractivity contribution in [3.8, 4) is 5.75 Å². The maximum atomic E-state index is 13.2. The van der Waals surface area contributed by atoms with E-state index in [0.717, 1.165) is 51.2 Å². The number of halogens is 1. The standard InChI is InChI=1S/C23H32N4O2.ClH/c1-26-16-19(13-25-26)21-14-24-15-22(21)23(28)27-11-9-18(10-12-27)4-3-17-5-7-20(29-2)8-6-17;/h5-8,13,16,18,21-22,24H,3-4,9-12,14-15H2,1-2H3;1H/t21-,22+;/m1./s1. The van der Waals surface area contributed by atoms with Gasteiger partial charge in [0, 0.05) is 45.3 Å². The molecule has 0 saturated carbocycles. The van der Waals surface area contributed by atoms with Crippen molar-refractivity contribution in [3.05, 3.63) is 47.8 Å². The normalized spacial score (nSPS) is 22.0. The summed E-state index contributed by atoms with van der Waals surface area (Å²) in [7, 11) is 3.63. The number of rotatable bonds is 6. The van der Waals surface area contributed by atoms with Crippen LogP contribution in [0.4, 0.5) is 0 Å². The van der Waals surface area contributed by atoms with Crippen LogP contribution in [0.25, 0.3) is 0 Å². The van der Waals surface area contributed by atoms with Crippen LogP contribution >= 0.6 is 12.4 Å². The molecule has 2 saturated heterocycles. The summed E-state index contributed by atoms with van der Waals surface area (Å²) in [6, 6.07) is 8.38. The number of hydrogen-bond donors (Lipinski definition) is 1. The van der Waals surface area contributed by atoms with E-state index in [2.05, 4.69) is 27.4 Å². The molecule has 164 valence electrons. The number of hydrogen-bond acceptors (Lipinski definition) is 4. The zero-order valence-electron chi connectivity index (χ0n) is 17.9. The Bertz CT molecular complexity index is 815. The van der Waals surface area contributed by atoms with E-state index in [1.165, 1.54) is 17.5 Å². The Morgan fingerprint density at radius 3 is 2.57 bits per heavy atom. The van der Waals surface area contributed by atoms with Crippen LogP contribution in [0.15, 0.2) is 36.7 Å². The molecule has 2 aliphatic rings. The number of benzene rings is 1. The molecule has 6 nitrogen and oxygen atoms in total. The van der Waals surface area contributed by atoms with Gasteiger partial charge in [0.15, 0.2) is 0 Å². The second kappa shape index (κ2) is 10.3. The Balaban J connectivity index is 0.00000256. The lowest BCUT2D eigenvalue weighted by atomic mass is 9.87. The van der Waals surface area contributed by atoms with Gasteiger partial charge in [-0.3, -0.25) is 9.48 Å². The summed E-state index contributed by atoms with van der Waals surface area (Å²) in [5, 5.41) is 7.70. The van der Waals surface area contributed by atoms with Gasteiger partial charge in [-0.15, -0.1) is 12.4 Å². The SMILES string of the molecule is COc1ccc(CCC2CCN(C(=O)[C@H]3CNC[C@@H]3c3cnn(C)c3)CC2)cc1.Cl. The quantitative estimate of drug-likeness (QED) is 0.762. The molecule has 2 fully saturated rings. The molecular weight excluding hydrogens is 400 g/mol. The molecule has 2 atom stereocenters. The molecule has 1 aromatic heterocycles. The highest BCUT2D eigenvalue weighted by Crippen LogP contribution is 2.31. The molecule has 1 amide bonds. The third kappa shape index (κ3) is 5.16. The van der Waals surface area contributed by atoms with Crippen LogP contribution in [0.3, 0.4) is 0 Å².